The Hall–Kier alpha value is -0.720. The van der Waals surface area contributed by atoms with Crippen LogP contribution in [0.5, 0.6) is 0 Å². The molecule has 0 aromatic rings. The normalized spacial score (nSPS) is 10.6. The largest absolute Gasteiger partial charge is 0.501 e. The molecule has 0 rings (SSSR count). The number of ether oxygens (including phenoxy) is 1. The zero-order valence-electron chi connectivity index (χ0n) is 9.50. The third-order valence-corrected chi connectivity index (χ3v) is 2.16. The minimum absolute atomic E-state index is 0.760. The van der Waals surface area contributed by atoms with E-state index in [0.717, 1.165) is 13.0 Å². The summed E-state index contributed by atoms with van der Waals surface area (Å²) in [6, 6.07) is 0. The van der Waals surface area contributed by atoms with Crippen LogP contribution in [-0.4, -0.2) is 6.61 Å². The molecular formula is C13H24O. The van der Waals surface area contributed by atoms with Gasteiger partial charge >= 0.3 is 0 Å². The Kier molecular flexibility index (Phi) is 11.6. The zero-order valence-corrected chi connectivity index (χ0v) is 9.50. The van der Waals surface area contributed by atoms with Gasteiger partial charge in [0.2, 0.25) is 0 Å². The van der Waals surface area contributed by atoms with Crippen molar-refractivity contribution in [1.29, 1.82) is 0 Å². The molecule has 0 unspecified atom stereocenters. The third-order valence-electron chi connectivity index (χ3n) is 2.16. The van der Waals surface area contributed by atoms with Crippen molar-refractivity contribution >= 4 is 0 Å². The molecule has 1 heteroatoms. The molecule has 14 heavy (non-hydrogen) atoms. The number of hydrogen-bond acceptors (Lipinski definition) is 1. The fourth-order valence-corrected chi connectivity index (χ4v) is 1.32. The Bertz CT molecular complexity index is 138. The maximum absolute atomic E-state index is 5.01. The molecule has 0 N–H and O–H groups in total. The number of unbranched alkanes of at least 4 members (excludes halogenated alkanes) is 5. The smallest absolute Gasteiger partial charge is 0.0907 e. The first-order valence-corrected chi connectivity index (χ1v) is 5.79. The van der Waals surface area contributed by atoms with E-state index in [9.17, 15) is 0 Å². The minimum atomic E-state index is 0.760. The molecule has 0 aliphatic carbocycles. The summed E-state index contributed by atoms with van der Waals surface area (Å²) in [4.78, 5) is 0. The molecular weight excluding hydrogens is 172 g/mol. The highest BCUT2D eigenvalue weighted by molar-refractivity contribution is 4.81. The molecule has 0 bridgehead atoms. The minimum Gasteiger partial charge on any atom is -0.501 e. The lowest BCUT2D eigenvalue weighted by atomic mass is 10.1. The standard InChI is InChI=1S/C13H24O/c1-3-5-6-7-8-9-10-11-12-13-14-4-2/h4,10-11H,2-3,5-9,12-13H2,1H3. The van der Waals surface area contributed by atoms with Gasteiger partial charge in [-0.2, -0.15) is 0 Å². The molecule has 0 atom stereocenters. The van der Waals surface area contributed by atoms with E-state index in [-0.39, 0.29) is 0 Å². The summed E-state index contributed by atoms with van der Waals surface area (Å²) in [5, 5.41) is 0. The first-order chi connectivity index (χ1) is 6.91. The van der Waals surface area contributed by atoms with E-state index in [1.165, 1.54) is 44.8 Å². The molecule has 82 valence electrons. The molecule has 0 spiro atoms. The van der Waals surface area contributed by atoms with Crippen LogP contribution in [0.15, 0.2) is 25.0 Å². The Balaban J connectivity index is 2.99. The Morgan fingerprint density at radius 2 is 1.71 bits per heavy atom. The van der Waals surface area contributed by atoms with Gasteiger partial charge in [-0.3, -0.25) is 0 Å². The molecule has 0 radical (unpaired) electrons. The van der Waals surface area contributed by atoms with Crippen molar-refractivity contribution in [3.63, 3.8) is 0 Å². The highest BCUT2D eigenvalue weighted by Crippen LogP contribution is 2.05. The van der Waals surface area contributed by atoms with Crippen molar-refractivity contribution in [3.05, 3.63) is 25.0 Å². The van der Waals surface area contributed by atoms with Crippen LogP contribution in [0.3, 0.4) is 0 Å². The maximum atomic E-state index is 5.01. The Labute approximate surface area is 88.9 Å². The molecule has 0 heterocycles. The van der Waals surface area contributed by atoms with Gasteiger partial charge in [-0.05, 0) is 19.3 Å². The molecule has 0 fully saturated rings. The topological polar surface area (TPSA) is 9.23 Å². The van der Waals surface area contributed by atoms with Gasteiger partial charge in [-0.1, -0.05) is 51.3 Å². The summed E-state index contributed by atoms with van der Waals surface area (Å²) in [5.74, 6) is 0. The lowest BCUT2D eigenvalue weighted by Gasteiger charge is -1.96. The summed E-state index contributed by atoms with van der Waals surface area (Å²) >= 11 is 0. The summed E-state index contributed by atoms with van der Waals surface area (Å²) in [6.07, 6.45) is 15.0. The highest BCUT2D eigenvalue weighted by atomic mass is 16.5. The van der Waals surface area contributed by atoms with Crippen LogP contribution >= 0.6 is 0 Å². The molecule has 0 saturated heterocycles. The lowest BCUT2D eigenvalue weighted by molar-refractivity contribution is 0.257. The van der Waals surface area contributed by atoms with E-state index in [0.29, 0.717) is 0 Å². The Morgan fingerprint density at radius 1 is 1.00 bits per heavy atom. The van der Waals surface area contributed by atoms with Crippen molar-refractivity contribution in [2.24, 2.45) is 0 Å². The van der Waals surface area contributed by atoms with Crippen LogP contribution in [0, 0.1) is 0 Å². The monoisotopic (exact) mass is 196 g/mol. The molecule has 1 nitrogen and oxygen atoms in total. The maximum Gasteiger partial charge on any atom is 0.0907 e. The van der Waals surface area contributed by atoms with Crippen LogP contribution in [0.2, 0.25) is 0 Å². The van der Waals surface area contributed by atoms with Gasteiger partial charge in [-0.25, -0.2) is 0 Å². The number of rotatable bonds is 10. The zero-order chi connectivity index (χ0) is 10.5. The van der Waals surface area contributed by atoms with Crippen LogP contribution < -0.4 is 0 Å². The van der Waals surface area contributed by atoms with Gasteiger partial charge in [0.05, 0.1) is 12.9 Å². The van der Waals surface area contributed by atoms with Gasteiger partial charge in [-0.15, -0.1) is 0 Å². The first kappa shape index (κ1) is 13.3. The van der Waals surface area contributed by atoms with Crippen molar-refractivity contribution in [3.8, 4) is 0 Å². The van der Waals surface area contributed by atoms with Crippen LogP contribution in [-0.2, 0) is 4.74 Å². The van der Waals surface area contributed by atoms with E-state index < -0.39 is 0 Å². The van der Waals surface area contributed by atoms with Gasteiger partial charge in [0, 0.05) is 0 Å². The Morgan fingerprint density at radius 3 is 2.43 bits per heavy atom. The van der Waals surface area contributed by atoms with E-state index in [4.69, 9.17) is 4.74 Å². The SMILES string of the molecule is C=COCCC=CCCCCCCC. The van der Waals surface area contributed by atoms with E-state index in [1.54, 1.807) is 0 Å². The van der Waals surface area contributed by atoms with E-state index in [2.05, 4.69) is 25.7 Å². The molecule has 0 amide bonds. The lowest BCUT2D eigenvalue weighted by Crippen LogP contribution is -1.82. The molecule has 0 aromatic heterocycles. The van der Waals surface area contributed by atoms with Crippen molar-refractivity contribution in [1.82, 2.24) is 0 Å². The number of allylic oxidation sites excluding steroid dienone is 1. The van der Waals surface area contributed by atoms with Gasteiger partial charge in [0.1, 0.15) is 0 Å². The van der Waals surface area contributed by atoms with Gasteiger partial charge in [0.15, 0.2) is 0 Å². The fraction of sp³-hybridized carbons (Fsp3) is 0.692. The predicted octanol–water partition coefficient (Wildman–Crippen LogP) is 4.45. The quantitative estimate of drug-likeness (QED) is 0.285. The molecule has 0 aliphatic heterocycles. The first-order valence-electron chi connectivity index (χ1n) is 5.79. The van der Waals surface area contributed by atoms with Crippen molar-refractivity contribution in [2.75, 3.05) is 6.61 Å². The summed E-state index contributed by atoms with van der Waals surface area (Å²) in [6.45, 7) is 6.50. The van der Waals surface area contributed by atoms with Gasteiger partial charge < -0.3 is 4.74 Å². The second-order valence-electron chi connectivity index (χ2n) is 3.50. The molecule has 0 aliphatic rings. The average Bonchev–Trinajstić information content (AvgIpc) is 2.21. The van der Waals surface area contributed by atoms with Crippen LogP contribution in [0.4, 0.5) is 0 Å². The van der Waals surface area contributed by atoms with Crippen LogP contribution in [0.25, 0.3) is 0 Å². The second kappa shape index (κ2) is 12.3. The molecule has 0 saturated carbocycles. The van der Waals surface area contributed by atoms with E-state index in [1.807, 2.05) is 0 Å². The van der Waals surface area contributed by atoms with Crippen molar-refractivity contribution < 1.29 is 4.74 Å². The van der Waals surface area contributed by atoms with Crippen LogP contribution in [0.1, 0.15) is 51.9 Å². The highest BCUT2D eigenvalue weighted by Gasteiger charge is 1.86. The average molecular weight is 196 g/mol. The third kappa shape index (κ3) is 11.3. The fourth-order valence-electron chi connectivity index (χ4n) is 1.32. The molecule has 0 aromatic carbocycles. The summed E-state index contributed by atoms with van der Waals surface area (Å²) in [5.41, 5.74) is 0. The van der Waals surface area contributed by atoms with Crippen molar-refractivity contribution in [2.45, 2.75) is 51.9 Å². The van der Waals surface area contributed by atoms with E-state index >= 15 is 0 Å². The summed E-state index contributed by atoms with van der Waals surface area (Å²) < 4.78 is 5.01. The van der Waals surface area contributed by atoms with Gasteiger partial charge in [0.25, 0.3) is 0 Å². The second-order valence-corrected chi connectivity index (χ2v) is 3.50. The summed E-state index contributed by atoms with van der Waals surface area (Å²) in [7, 11) is 0. The number of hydrogen-bond donors (Lipinski definition) is 0. The predicted molar refractivity (Wildman–Crippen MR) is 63.3 cm³/mol.